The van der Waals surface area contributed by atoms with Crippen LogP contribution in [0.5, 0.6) is 5.75 Å². The van der Waals surface area contributed by atoms with Crippen LogP contribution < -0.4 is 10.1 Å². The Hall–Kier alpha value is -3.39. The molecule has 1 N–H and O–H groups in total. The second-order valence-electron chi connectivity index (χ2n) is 11.2. The van der Waals surface area contributed by atoms with Gasteiger partial charge >= 0.3 is 6.09 Å². The molecular weight excluding hydrogens is 496 g/mol. The fourth-order valence-electron chi connectivity index (χ4n) is 4.89. The molecule has 212 valence electrons. The molecule has 0 aliphatic carbocycles. The first-order chi connectivity index (χ1) is 18.5. The highest BCUT2D eigenvalue weighted by Gasteiger charge is 2.41. The Balaban J connectivity index is 1.70. The number of amides is 2. The number of carbonyl (C=O) groups is 3. The lowest BCUT2D eigenvalue weighted by Crippen LogP contribution is -2.52. The van der Waals surface area contributed by atoms with Gasteiger partial charge in [0.15, 0.2) is 5.78 Å². The predicted octanol–water partition coefficient (Wildman–Crippen LogP) is 5.05. The van der Waals surface area contributed by atoms with Gasteiger partial charge in [0.05, 0.1) is 24.1 Å². The summed E-state index contributed by atoms with van der Waals surface area (Å²) in [6.45, 7) is 9.69. The van der Waals surface area contributed by atoms with Gasteiger partial charge in [0, 0.05) is 19.2 Å². The minimum absolute atomic E-state index is 0.00931. The van der Waals surface area contributed by atoms with Crippen LogP contribution in [0.15, 0.2) is 54.6 Å². The molecule has 1 aliphatic heterocycles. The van der Waals surface area contributed by atoms with Crippen molar-refractivity contribution in [1.29, 1.82) is 0 Å². The number of nitrogens with one attached hydrogen (secondary N) is 1. The maximum absolute atomic E-state index is 13.5. The lowest BCUT2D eigenvalue weighted by Gasteiger charge is -2.35. The Labute approximate surface area is 232 Å². The average Bonchev–Trinajstić information content (AvgIpc) is 3.37. The van der Waals surface area contributed by atoms with Gasteiger partial charge in [-0.15, -0.1) is 0 Å². The van der Waals surface area contributed by atoms with Crippen molar-refractivity contribution in [2.24, 2.45) is 5.92 Å². The lowest BCUT2D eigenvalue weighted by molar-refractivity contribution is -0.131. The molecule has 1 saturated heterocycles. The van der Waals surface area contributed by atoms with Gasteiger partial charge in [-0.2, -0.15) is 0 Å². The Morgan fingerprint density at radius 2 is 1.72 bits per heavy atom. The summed E-state index contributed by atoms with van der Waals surface area (Å²) in [5.74, 6) is -0.0791. The van der Waals surface area contributed by atoms with Crippen molar-refractivity contribution >= 4 is 17.8 Å². The zero-order valence-electron chi connectivity index (χ0n) is 23.9. The van der Waals surface area contributed by atoms with E-state index in [0.29, 0.717) is 24.3 Å². The molecule has 3 rings (SSSR count). The zero-order valence-corrected chi connectivity index (χ0v) is 23.9. The number of ether oxygens (including phenoxy) is 3. The molecule has 8 heteroatoms. The van der Waals surface area contributed by atoms with E-state index in [1.54, 1.807) is 36.3 Å². The molecule has 2 aromatic carbocycles. The van der Waals surface area contributed by atoms with Crippen LogP contribution in [0.1, 0.15) is 63.4 Å². The highest BCUT2D eigenvalue weighted by atomic mass is 16.6. The average molecular weight is 539 g/mol. The van der Waals surface area contributed by atoms with E-state index >= 15 is 0 Å². The maximum Gasteiger partial charge on any atom is 0.410 e. The molecule has 39 heavy (non-hydrogen) atoms. The molecular formula is C31H42N2O6. The highest BCUT2D eigenvalue weighted by molar-refractivity contribution is 5.94. The number of likely N-dealkylation sites (tertiary alicyclic amines) is 1. The standard InChI is InChI=1S/C31H42N2O6/c1-21(28(37-6)27-13-10-18-33(27)30(36)39-31(3,4)5)29(35)32-25(19-23-11-8-7-9-12-23)20-38-26-16-14-24(15-17-26)22(2)34/h7-9,11-12,14-17,21,25,27-28H,10,13,18-20H2,1-6H3,(H,32,35)/t21-,25+,27?,28-/m1/s1. The van der Waals surface area contributed by atoms with Crippen LogP contribution >= 0.6 is 0 Å². The van der Waals surface area contributed by atoms with Crippen molar-refractivity contribution in [2.45, 2.75) is 77.7 Å². The molecule has 1 unspecified atom stereocenters. The summed E-state index contributed by atoms with van der Waals surface area (Å²) in [5, 5.41) is 3.15. The summed E-state index contributed by atoms with van der Waals surface area (Å²) in [6.07, 6.45) is 1.27. The Morgan fingerprint density at radius 3 is 2.31 bits per heavy atom. The third kappa shape index (κ3) is 8.82. The smallest absolute Gasteiger partial charge is 0.410 e. The second kappa shape index (κ2) is 13.6. The van der Waals surface area contributed by atoms with Gasteiger partial charge in [0.2, 0.25) is 5.91 Å². The van der Waals surface area contributed by atoms with E-state index in [-0.39, 0.29) is 36.5 Å². The van der Waals surface area contributed by atoms with E-state index in [1.807, 2.05) is 58.0 Å². The van der Waals surface area contributed by atoms with Crippen molar-refractivity contribution in [1.82, 2.24) is 10.2 Å². The Morgan fingerprint density at radius 1 is 1.05 bits per heavy atom. The molecule has 0 spiro atoms. The van der Waals surface area contributed by atoms with E-state index in [4.69, 9.17) is 14.2 Å². The van der Waals surface area contributed by atoms with Crippen LogP contribution in [0, 0.1) is 5.92 Å². The highest BCUT2D eigenvalue weighted by Crippen LogP contribution is 2.28. The number of rotatable bonds is 11. The summed E-state index contributed by atoms with van der Waals surface area (Å²) >= 11 is 0. The first-order valence-electron chi connectivity index (χ1n) is 13.6. The number of ketones is 1. The van der Waals surface area contributed by atoms with Crippen molar-refractivity contribution < 1.29 is 28.6 Å². The third-order valence-corrected chi connectivity index (χ3v) is 6.87. The molecule has 1 fully saturated rings. The van der Waals surface area contributed by atoms with Crippen molar-refractivity contribution in [3.05, 3.63) is 65.7 Å². The lowest BCUT2D eigenvalue weighted by atomic mass is 9.94. The number of methoxy groups -OCH3 is 1. The fraction of sp³-hybridized carbons (Fsp3) is 0.516. The van der Waals surface area contributed by atoms with Crippen LogP contribution in [0.4, 0.5) is 4.79 Å². The SMILES string of the molecule is CO[C@@H](C1CCCN1C(=O)OC(C)(C)C)[C@@H](C)C(=O)N[C@H](COc1ccc(C(C)=O)cc1)Cc1ccccc1. The Bertz CT molecular complexity index is 1100. The fourth-order valence-corrected chi connectivity index (χ4v) is 4.89. The molecule has 0 bridgehead atoms. The van der Waals surface area contributed by atoms with Crippen LogP contribution in [0.25, 0.3) is 0 Å². The Kier molecular flexibility index (Phi) is 10.5. The van der Waals surface area contributed by atoms with E-state index in [9.17, 15) is 14.4 Å². The van der Waals surface area contributed by atoms with E-state index in [2.05, 4.69) is 5.32 Å². The minimum atomic E-state index is -0.604. The van der Waals surface area contributed by atoms with Crippen LogP contribution in [0.2, 0.25) is 0 Å². The number of hydrogen-bond acceptors (Lipinski definition) is 6. The summed E-state index contributed by atoms with van der Waals surface area (Å²) in [5.41, 5.74) is 1.08. The van der Waals surface area contributed by atoms with Crippen molar-refractivity contribution in [3.63, 3.8) is 0 Å². The van der Waals surface area contributed by atoms with Gasteiger partial charge in [-0.25, -0.2) is 4.79 Å². The molecule has 2 aromatic rings. The van der Waals surface area contributed by atoms with Gasteiger partial charge < -0.3 is 24.4 Å². The number of hydrogen-bond donors (Lipinski definition) is 1. The molecule has 1 heterocycles. The number of Topliss-reactive ketones (excluding diaryl/α,β-unsaturated/α-hetero) is 1. The first kappa shape index (κ1) is 30.2. The molecule has 4 atom stereocenters. The van der Waals surface area contributed by atoms with E-state index in [1.165, 1.54) is 6.92 Å². The monoisotopic (exact) mass is 538 g/mol. The van der Waals surface area contributed by atoms with E-state index < -0.39 is 17.6 Å². The first-order valence-corrected chi connectivity index (χ1v) is 13.6. The van der Waals surface area contributed by atoms with E-state index in [0.717, 1.165) is 18.4 Å². The molecule has 0 radical (unpaired) electrons. The van der Waals surface area contributed by atoms with Crippen molar-refractivity contribution in [2.75, 3.05) is 20.3 Å². The molecule has 2 amide bonds. The number of nitrogens with zero attached hydrogens (tertiary/aromatic N) is 1. The predicted molar refractivity (Wildman–Crippen MR) is 150 cm³/mol. The van der Waals surface area contributed by atoms with Crippen LogP contribution in [-0.2, 0) is 20.7 Å². The van der Waals surface area contributed by atoms with Crippen molar-refractivity contribution in [3.8, 4) is 5.75 Å². The van der Waals surface area contributed by atoms with Gasteiger partial charge in [-0.1, -0.05) is 37.3 Å². The molecule has 0 saturated carbocycles. The van der Waals surface area contributed by atoms with Gasteiger partial charge in [0.1, 0.15) is 18.0 Å². The summed E-state index contributed by atoms with van der Waals surface area (Å²) < 4.78 is 17.4. The maximum atomic E-state index is 13.5. The zero-order chi connectivity index (χ0) is 28.6. The van der Waals surface area contributed by atoms with Gasteiger partial charge in [-0.05, 0) is 76.8 Å². The molecule has 0 aromatic heterocycles. The second-order valence-corrected chi connectivity index (χ2v) is 11.2. The number of carbonyl (C=O) groups excluding carboxylic acids is 3. The van der Waals surface area contributed by atoms with Gasteiger partial charge in [0.25, 0.3) is 0 Å². The number of benzene rings is 2. The molecule has 8 nitrogen and oxygen atoms in total. The topological polar surface area (TPSA) is 94.2 Å². The molecule has 1 aliphatic rings. The largest absolute Gasteiger partial charge is 0.491 e. The normalized spacial score (nSPS) is 17.7. The minimum Gasteiger partial charge on any atom is -0.491 e. The summed E-state index contributed by atoms with van der Waals surface area (Å²) in [7, 11) is 1.58. The summed E-state index contributed by atoms with van der Waals surface area (Å²) in [4.78, 5) is 39.6. The third-order valence-electron chi connectivity index (χ3n) is 6.87. The van der Waals surface area contributed by atoms with Crippen LogP contribution in [-0.4, -0.2) is 66.7 Å². The summed E-state index contributed by atoms with van der Waals surface area (Å²) in [6, 6.07) is 16.3. The quantitative estimate of drug-likeness (QED) is 0.403. The van der Waals surface area contributed by atoms with Gasteiger partial charge in [-0.3, -0.25) is 9.59 Å². The van der Waals surface area contributed by atoms with Crippen LogP contribution in [0.3, 0.4) is 0 Å².